The fourth-order valence-corrected chi connectivity index (χ4v) is 4.65. The molecule has 1 aliphatic heterocycles. The van der Waals surface area contributed by atoms with E-state index in [0.717, 1.165) is 29.9 Å². The quantitative estimate of drug-likeness (QED) is 0.576. The van der Waals surface area contributed by atoms with E-state index in [0.29, 0.717) is 32.0 Å². The number of carbonyl (C=O) groups is 1. The van der Waals surface area contributed by atoms with Crippen molar-refractivity contribution in [2.75, 3.05) is 24.5 Å². The number of nitrogens with two attached hydrogens (primary N) is 1. The van der Waals surface area contributed by atoms with Crippen LogP contribution in [0.5, 0.6) is 0 Å². The summed E-state index contributed by atoms with van der Waals surface area (Å²) in [6.45, 7) is 6.20. The van der Waals surface area contributed by atoms with Crippen molar-refractivity contribution >= 4 is 17.4 Å². The molecule has 1 aromatic carbocycles. The van der Waals surface area contributed by atoms with Crippen molar-refractivity contribution < 1.29 is 9.72 Å². The number of aromatic nitrogens is 2. The minimum atomic E-state index is -0.677. The van der Waals surface area contributed by atoms with Crippen LogP contribution in [0.3, 0.4) is 0 Å². The van der Waals surface area contributed by atoms with Gasteiger partial charge in [0, 0.05) is 49.1 Å². The molecule has 2 aromatic rings. The van der Waals surface area contributed by atoms with Gasteiger partial charge in [-0.1, -0.05) is 19.1 Å². The van der Waals surface area contributed by atoms with Crippen molar-refractivity contribution in [1.82, 2.24) is 14.9 Å². The number of hydrogen-bond acceptors (Lipinski definition) is 7. The smallest absolute Gasteiger partial charge is 0.269 e. The number of fused-ring (bicyclic) bond motifs is 1. The van der Waals surface area contributed by atoms with Crippen LogP contribution in [0.15, 0.2) is 30.6 Å². The molecular weight excluding hydrogens is 396 g/mol. The van der Waals surface area contributed by atoms with Crippen LogP contribution >= 0.6 is 0 Å². The van der Waals surface area contributed by atoms with Crippen LogP contribution in [0.25, 0.3) is 0 Å². The standard InChI is InChI=1S/C22H28N6O3/c1-14-3-8-19-20(14)21(25-13-24-19)27-10-9-26(12-15(27)2)22(29)18(23)11-16-4-6-17(7-5-16)28(30)31/h4-7,13-15,18H,3,8-12,23H2,1-2H3/t14?,15-,18+/m0/s1. The second-order valence-electron chi connectivity index (χ2n) is 8.56. The van der Waals surface area contributed by atoms with Crippen LogP contribution in [0.4, 0.5) is 11.5 Å². The molecular formula is C22H28N6O3. The lowest BCUT2D eigenvalue weighted by Gasteiger charge is -2.42. The second-order valence-corrected chi connectivity index (χ2v) is 8.56. The Morgan fingerprint density at radius 1 is 1.26 bits per heavy atom. The number of nitro benzene ring substituents is 1. The van der Waals surface area contributed by atoms with Gasteiger partial charge in [0.1, 0.15) is 12.1 Å². The van der Waals surface area contributed by atoms with E-state index >= 15 is 0 Å². The van der Waals surface area contributed by atoms with Crippen molar-refractivity contribution in [2.24, 2.45) is 5.73 Å². The van der Waals surface area contributed by atoms with E-state index in [1.165, 1.54) is 17.7 Å². The van der Waals surface area contributed by atoms with Gasteiger partial charge in [0.05, 0.1) is 11.0 Å². The van der Waals surface area contributed by atoms with Crippen molar-refractivity contribution in [3.05, 3.63) is 57.5 Å². The highest BCUT2D eigenvalue weighted by atomic mass is 16.6. The summed E-state index contributed by atoms with van der Waals surface area (Å²) in [4.78, 5) is 36.5. The molecule has 0 radical (unpaired) electrons. The van der Waals surface area contributed by atoms with E-state index in [1.807, 2.05) is 4.90 Å². The van der Waals surface area contributed by atoms with Crippen LogP contribution in [0, 0.1) is 10.1 Å². The van der Waals surface area contributed by atoms with Crippen molar-refractivity contribution in [2.45, 2.75) is 51.1 Å². The Morgan fingerprint density at radius 2 is 2.00 bits per heavy atom. The lowest BCUT2D eigenvalue weighted by molar-refractivity contribution is -0.384. The molecule has 2 heterocycles. The summed E-state index contributed by atoms with van der Waals surface area (Å²) < 4.78 is 0. The Morgan fingerprint density at radius 3 is 2.68 bits per heavy atom. The number of nitrogens with zero attached hydrogens (tertiary/aromatic N) is 5. The van der Waals surface area contributed by atoms with Crippen LogP contribution in [0.2, 0.25) is 0 Å². The highest BCUT2D eigenvalue weighted by Gasteiger charge is 2.33. The molecule has 0 bridgehead atoms. The summed E-state index contributed by atoms with van der Waals surface area (Å²) in [5, 5.41) is 10.8. The molecule has 1 amide bonds. The van der Waals surface area contributed by atoms with Gasteiger partial charge in [0.25, 0.3) is 5.69 Å². The summed E-state index contributed by atoms with van der Waals surface area (Å²) in [5.74, 6) is 1.36. The zero-order valence-corrected chi connectivity index (χ0v) is 17.9. The largest absolute Gasteiger partial charge is 0.350 e. The number of rotatable bonds is 5. The van der Waals surface area contributed by atoms with Gasteiger partial charge in [-0.25, -0.2) is 9.97 Å². The first kappa shape index (κ1) is 21.2. The number of piperazine rings is 1. The molecule has 1 unspecified atom stereocenters. The summed E-state index contributed by atoms with van der Waals surface area (Å²) in [7, 11) is 0. The Kier molecular flexibility index (Phi) is 5.86. The zero-order chi connectivity index (χ0) is 22.1. The first-order chi connectivity index (χ1) is 14.8. The normalized spacial score (nSPS) is 21.6. The molecule has 2 N–H and O–H groups in total. The SMILES string of the molecule is CC1CCc2ncnc(N3CCN(C(=O)[C@H](N)Cc4ccc([N+](=O)[O-])cc4)C[C@@H]3C)c21. The topological polar surface area (TPSA) is 118 Å². The number of nitro groups is 1. The van der Waals surface area contributed by atoms with Gasteiger partial charge in [0.15, 0.2) is 0 Å². The van der Waals surface area contributed by atoms with Gasteiger partial charge in [-0.3, -0.25) is 14.9 Å². The Bertz CT molecular complexity index is 980. The number of amides is 1. The van der Waals surface area contributed by atoms with Gasteiger partial charge < -0.3 is 15.5 Å². The summed E-state index contributed by atoms with van der Waals surface area (Å²) in [5.41, 5.74) is 9.44. The Labute approximate surface area is 181 Å². The summed E-state index contributed by atoms with van der Waals surface area (Å²) in [6.07, 6.45) is 4.10. The van der Waals surface area contributed by atoms with Crippen LogP contribution in [-0.2, 0) is 17.6 Å². The summed E-state index contributed by atoms with van der Waals surface area (Å²) >= 11 is 0. The van der Waals surface area contributed by atoms with E-state index in [9.17, 15) is 14.9 Å². The van der Waals surface area contributed by atoms with Gasteiger partial charge in [-0.05, 0) is 37.7 Å². The number of benzene rings is 1. The van der Waals surface area contributed by atoms with E-state index in [4.69, 9.17) is 5.73 Å². The fraction of sp³-hybridized carbons (Fsp3) is 0.500. The molecule has 2 aliphatic rings. The predicted octanol–water partition coefficient (Wildman–Crippen LogP) is 2.04. The average Bonchev–Trinajstić information content (AvgIpc) is 3.14. The maximum atomic E-state index is 13.0. The van der Waals surface area contributed by atoms with Crippen molar-refractivity contribution in [3.8, 4) is 0 Å². The molecule has 9 heteroatoms. The molecule has 4 rings (SSSR count). The number of hydrogen-bond donors (Lipinski definition) is 1. The lowest BCUT2D eigenvalue weighted by atomic mass is 10.0. The molecule has 1 aromatic heterocycles. The van der Waals surface area contributed by atoms with E-state index in [1.54, 1.807) is 18.5 Å². The van der Waals surface area contributed by atoms with Gasteiger partial charge >= 0.3 is 0 Å². The average molecular weight is 425 g/mol. The third-order valence-corrected chi connectivity index (χ3v) is 6.38. The third kappa shape index (κ3) is 4.23. The first-order valence-electron chi connectivity index (χ1n) is 10.7. The van der Waals surface area contributed by atoms with Crippen LogP contribution < -0.4 is 10.6 Å². The van der Waals surface area contributed by atoms with Crippen LogP contribution in [-0.4, -0.2) is 57.4 Å². The van der Waals surface area contributed by atoms with Gasteiger partial charge in [0.2, 0.25) is 5.91 Å². The molecule has 0 spiro atoms. The first-order valence-corrected chi connectivity index (χ1v) is 10.7. The van der Waals surface area contributed by atoms with E-state index in [2.05, 4.69) is 28.7 Å². The minimum absolute atomic E-state index is 0.0270. The van der Waals surface area contributed by atoms with E-state index < -0.39 is 11.0 Å². The number of anilines is 1. The van der Waals surface area contributed by atoms with Crippen molar-refractivity contribution in [1.29, 1.82) is 0 Å². The molecule has 164 valence electrons. The lowest BCUT2D eigenvalue weighted by Crippen LogP contribution is -2.57. The molecule has 3 atom stereocenters. The zero-order valence-electron chi connectivity index (χ0n) is 17.9. The number of carbonyl (C=O) groups excluding carboxylic acids is 1. The molecule has 9 nitrogen and oxygen atoms in total. The minimum Gasteiger partial charge on any atom is -0.350 e. The maximum absolute atomic E-state index is 13.0. The fourth-order valence-electron chi connectivity index (χ4n) is 4.65. The van der Waals surface area contributed by atoms with Crippen LogP contribution in [0.1, 0.15) is 43.0 Å². The number of non-ortho nitro benzene ring substituents is 1. The predicted molar refractivity (Wildman–Crippen MR) is 117 cm³/mol. The number of aryl methyl sites for hydroxylation is 1. The highest BCUT2D eigenvalue weighted by molar-refractivity contribution is 5.82. The Balaban J connectivity index is 1.40. The highest BCUT2D eigenvalue weighted by Crippen LogP contribution is 2.38. The third-order valence-electron chi connectivity index (χ3n) is 6.38. The molecule has 31 heavy (non-hydrogen) atoms. The molecule has 0 saturated carbocycles. The van der Waals surface area contributed by atoms with Gasteiger partial charge in [-0.2, -0.15) is 0 Å². The maximum Gasteiger partial charge on any atom is 0.269 e. The second kappa shape index (κ2) is 8.58. The van der Waals surface area contributed by atoms with E-state index in [-0.39, 0.29) is 17.6 Å². The van der Waals surface area contributed by atoms with Gasteiger partial charge in [-0.15, -0.1) is 0 Å². The molecule has 1 aliphatic carbocycles. The summed E-state index contributed by atoms with van der Waals surface area (Å²) in [6, 6.07) is 5.63. The molecule has 1 saturated heterocycles. The molecule has 1 fully saturated rings. The monoisotopic (exact) mass is 424 g/mol. The Hall–Kier alpha value is -3.07. The van der Waals surface area contributed by atoms with Crippen molar-refractivity contribution in [3.63, 3.8) is 0 Å².